The molecule has 0 bridgehead atoms. The molecule has 1 aromatic heterocycles. The molecule has 48 heavy (non-hydrogen) atoms. The summed E-state index contributed by atoms with van der Waals surface area (Å²) in [6.07, 6.45) is 0. The second-order valence-corrected chi connectivity index (χ2v) is 12.5. The molecule has 1 aliphatic rings. The van der Waals surface area contributed by atoms with Gasteiger partial charge in [0, 0.05) is 33.0 Å². The predicted octanol–water partition coefficient (Wildman–Crippen LogP) is 12.7. The monoisotopic (exact) mass is 611 g/mol. The summed E-state index contributed by atoms with van der Waals surface area (Å²) in [5.74, 6) is 1.79. The lowest BCUT2D eigenvalue weighted by Crippen LogP contribution is -1.99. The number of benzene rings is 8. The van der Waals surface area contributed by atoms with Gasteiger partial charge in [0.2, 0.25) is 0 Å². The third-order valence-electron chi connectivity index (χ3n) is 9.81. The first-order chi connectivity index (χ1) is 23.8. The van der Waals surface area contributed by atoms with Gasteiger partial charge >= 0.3 is 0 Å². The van der Waals surface area contributed by atoms with E-state index in [1.54, 1.807) is 0 Å². The molecule has 0 unspecified atom stereocenters. The van der Waals surface area contributed by atoms with Crippen LogP contribution in [0.25, 0.3) is 82.8 Å². The van der Waals surface area contributed by atoms with Gasteiger partial charge in [-0.15, -0.1) is 0 Å². The van der Waals surface area contributed by atoms with E-state index >= 15 is 0 Å². The van der Waals surface area contributed by atoms with Crippen LogP contribution in [0, 0.1) is 0 Å². The minimum Gasteiger partial charge on any atom is -0.456 e. The Kier molecular flexibility index (Phi) is 5.91. The Balaban J connectivity index is 1.19. The van der Waals surface area contributed by atoms with E-state index in [9.17, 15) is 0 Å². The van der Waals surface area contributed by atoms with Crippen molar-refractivity contribution in [2.24, 2.45) is 0 Å². The summed E-state index contributed by atoms with van der Waals surface area (Å²) in [7, 11) is 0. The van der Waals surface area contributed by atoms with E-state index in [2.05, 4.69) is 180 Å². The summed E-state index contributed by atoms with van der Waals surface area (Å²) in [4.78, 5) is 0. The van der Waals surface area contributed by atoms with Crippen molar-refractivity contribution in [3.05, 3.63) is 176 Å². The molecule has 2 heterocycles. The van der Waals surface area contributed by atoms with Crippen molar-refractivity contribution in [3.63, 3.8) is 0 Å². The second-order valence-electron chi connectivity index (χ2n) is 12.5. The first-order valence-corrected chi connectivity index (χ1v) is 16.4. The molecule has 0 amide bonds. The Morgan fingerprint density at radius 1 is 0.354 bits per heavy atom. The third kappa shape index (κ3) is 4.00. The maximum absolute atomic E-state index is 6.60. The van der Waals surface area contributed by atoms with E-state index in [1.165, 1.54) is 60.6 Å². The molecule has 0 N–H and O–H groups in total. The van der Waals surface area contributed by atoms with Crippen LogP contribution in [-0.4, -0.2) is 4.57 Å². The normalized spacial score (nSPS) is 11.9. The smallest absolute Gasteiger partial charge is 0.135 e. The van der Waals surface area contributed by atoms with Gasteiger partial charge in [0.1, 0.15) is 11.5 Å². The number of hydrogen-bond acceptors (Lipinski definition) is 1. The molecule has 10 rings (SSSR count). The molecule has 1 aliphatic heterocycles. The van der Waals surface area contributed by atoms with E-state index in [4.69, 9.17) is 4.74 Å². The average Bonchev–Trinajstić information content (AvgIpc) is 3.50. The molecule has 2 nitrogen and oxygen atoms in total. The fraction of sp³-hybridized carbons (Fsp3) is 0. The zero-order valence-electron chi connectivity index (χ0n) is 26.1. The first-order valence-electron chi connectivity index (χ1n) is 16.4. The molecule has 2 heteroatoms. The number of hydrogen-bond donors (Lipinski definition) is 0. The fourth-order valence-electron chi connectivity index (χ4n) is 7.72. The summed E-state index contributed by atoms with van der Waals surface area (Å²) in [5, 5.41) is 4.86. The van der Waals surface area contributed by atoms with Gasteiger partial charge in [-0.05, 0) is 75.2 Å². The van der Waals surface area contributed by atoms with Gasteiger partial charge in [-0.2, -0.15) is 0 Å². The molecular weight excluding hydrogens is 583 g/mol. The highest BCUT2D eigenvalue weighted by Gasteiger charge is 2.23. The topological polar surface area (TPSA) is 14.2 Å². The Morgan fingerprint density at radius 3 is 1.85 bits per heavy atom. The van der Waals surface area contributed by atoms with Gasteiger partial charge in [0.05, 0.1) is 11.0 Å². The third-order valence-corrected chi connectivity index (χ3v) is 9.81. The van der Waals surface area contributed by atoms with Crippen molar-refractivity contribution in [2.45, 2.75) is 0 Å². The van der Waals surface area contributed by atoms with Crippen LogP contribution >= 0.6 is 0 Å². The number of aromatic nitrogens is 1. The highest BCUT2D eigenvalue weighted by molar-refractivity contribution is 6.15. The highest BCUT2D eigenvalue weighted by atomic mass is 16.5. The van der Waals surface area contributed by atoms with E-state index < -0.39 is 0 Å². The number of ether oxygens (including phenoxy) is 1. The van der Waals surface area contributed by atoms with Crippen LogP contribution in [0.5, 0.6) is 11.5 Å². The van der Waals surface area contributed by atoms with Crippen LogP contribution in [0.1, 0.15) is 0 Å². The van der Waals surface area contributed by atoms with Crippen LogP contribution in [0.3, 0.4) is 0 Å². The van der Waals surface area contributed by atoms with E-state index in [0.29, 0.717) is 0 Å². The molecule has 0 aliphatic carbocycles. The van der Waals surface area contributed by atoms with Crippen molar-refractivity contribution in [2.75, 3.05) is 0 Å². The van der Waals surface area contributed by atoms with Gasteiger partial charge < -0.3 is 9.30 Å². The fourth-order valence-corrected chi connectivity index (χ4v) is 7.72. The van der Waals surface area contributed by atoms with E-state index in [0.717, 1.165) is 33.7 Å². The lowest BCUT2D eigenvalue weighted by Gasteiger charge is -2.23. The molecule has 0 saturated carbocycles. The minimum absolute atomic E-state index is 0.884. The molecule has 0 fully saturated rings. The Bertz CT molecular complexity index is 2690. The SMILES string of the molecule is c1ccc(-c2ccc3c4c(cccc24)-c2cc(-c4ccccc4-c4cccc5c6ccccc6n(-c6ccccc6)c45)ccc2O3)cc1. The van der Waals surface area contributed by atoms with Gasteiger partial charge in [-0.25, -0.2) is 0 Å². The lowest BCUT2D eigenvalue weighted by molar-refractivity contribution is 0.487. The van der Waals surface area contributed by atoms with Crippen molar-refractivity contribution in [3.8, 4) is 61.7 Å². The number of para-hydroxylation sites is 3. The summed E-state index contributed by atoms with van der Waals surface area (Å²) in [6, 6.07) is 63.1. The van der Waals surface area contributed by atoms with Crippen molar-refractivity contribution in [1.82, 2.24) is 4.57 Å². The van der Waals surface area contributed by atoms with Gasteiger partial charge in [-0.3, -0.25) is 0 Å². The maximum atomic E-state index is 6.60. The Hall–Kier alpha value is -6.38. The molecular formula is C46H29NO. The quantitative estimate of drug-likeness (QED) is 0.193. The van der Waals surface area contributed by atoms with E-state index in [1.807, 2.05) is 0 Å². The molecule has 9 aromatic rings. The average molecular weight is 612 g/mol. The maximum Gasteiger partial charge on any atom is 0.135 e. The number of rotatable bonds is 4. The predicted molar refractivity (Wildman–Crippen MR) is 200 cm³/mol. The largest absolute Gasteiger partial charge is 0.456 e. The van der Waals surface area contributed by atoms with Gasteiger partial charge in [-0.1, -0.05) is 140 Å². The van der Waals surface area contributed by atoms with Crippen molar-refractivity contribution in [1.29, 1.82) is 0 Å². The van der Waals surface area contributed by atoms with Crippen LogP contribution in [-0.2, 0) is 0 Å². The second kappa shape index (κ2) is 10.6. The summed E-state index contributed by atoms with van der Waals surface area (Å²) in [5.41, 5.74) is 13.1. The van der Waals surface area contributed by atoms with Crippen LogP contribution in [0.15, 0.2) is 176 Å². The minimum atomic E-state index is 0.884. The van der Waals surface area contributed by atoms with Crippen LogP contribution in [0.2, 0.25) is 0 Å². The Morgan fingerprint density at radius 2 is 1.00 bits per heavy atom. The number of fused-ring (bicyclic) bond motifs is 5. The molecule has 224 valence electrons. The van der Waals surface area contributed by atoms with Crippen molar-refractivity contribution < 1.29 is 4.74 Å². The first kappa shape index (κ1) is 26.8. The molecule has 0 radical (unpaired) electrons. The summed E-state index contributed by atoms with van der Waals surface area (Å²) < 4.78 is 9.01. The van der Waals surface area contributed by atoms with Gasteiger partial charge in [0.25, 0.3) is 0 Å². The van der Waals surface area contributed by atoms with Gasteiger partial charge in [0.15, 0.2) is 0 Å². The van der Waals surface area contributed by atoms with Crippen LogP contribution < -0.4 is 4.74 Å². The zero-order valence-corrected chi connectivity index (χ0v) is 26.1. The Labute approximate surface area is 278 Å². The molecule has 0 atom stereocenters. The zero-order chi connectivity index (χ0) is 31.6. The highest BCUT2D eigenvalue weighted by Crippen LogP contribution is 2.50. The molecule has 0 spiro atoms. The molecule has 0 saturated heterocycles. The molecule has 8 aromatic carbocycles. The summed E-state index contributed by atoms with van der Waals surface area (Å²) >= 11 is 0. The van der Waals surface area contributed by atoms with Crippen LogP contribution in [0.4, 0.5) is 0 Å². The van der Waals surface area contributed by atoms with Crippen molar-refractivity contribution >= 4 is 32.6 Å². The lowest BCUT2D eigenvalue weighted by atomic mass is 9.88. The standard InChI is InChI=1S/C46H29NO/c1-3-13-30(14-4-1)34-26-28-44-45-37(34)20-11-21-38(45)41-29-31(25-27-43(41)48-44)33-17-7-8-18-35(33)39-22-12-23-40-36-19-9-10-24-42(36)47(46(39)40)32-15-5-2-6-16-32/h1-29H. The summed E-state index contributed by atoms with van der Waals surface area (Å²) in [6.45, 7) is 0. The number of nitrogens with zero attached hydrogens (tertiary/aromatic N) is 1. The van der Waals surface area contributed by atoms with E-state index in [-0.39, 0.29) is 0 Å².